The maximum atomic E-state index is 11.3. The molecule has 1 fully saturated rings. The lowest BCUT2D eigenvalue weighted by atomic mass is 9.82. The first kappa shape index (κ1) is 15.2. The van der Waals surface area contributed by atoms with Crippen molar-refractivity contribution in [3.05, 3.63) is 10.4 Å². The van der Waals surface area contributed by atoms with Crippen LogP contribution in [0.15, 0.2) is 5.11 Å². The van der Waals surface area contributed by atoms with Gasteiger partial charge in [-0.25, -0.2) is 4.79 Å². The monoisotopic (exact) mass is 266 g/mol. The van der Waals surface area contributed by atoms with Gasteiger partial charge < -0.3 is 14.7 Å². The van der Waals surface area contributed by atoms with Crippen molar-refractivity contribution >= 4 is 6.09 Å². The van der Waals surface area contributed by atoms with Crippen molar-refractivity contribution < 1.29 is 14.6 Å². The second kappa shape index (κ2) is 5.83. The number of nitrogens with zero attached hydrogens (tertiary/aromatic N) is 4. The van der Waals surface area contributed by atoms with Crippen molar-refractivity contribution in [1.82, 2.24) is 4.90 Å². The Kier molecular flexibility index (Phi) is 4.65. The van der Waals surface area contributed by atoms with Crippen molar-refractivity contribution in [2.75, 3.05) is 13.2 Å². The van der Waals surface area contributed by atoms with Crippen LogP contribution in [0.1, 0.15) is 20.8 Å². The molecule has 0 aromatic heterocycles. The highest BCUT2D eigenvalue weighted by molar-refractivity contribution is 5.66. The summed E-state index contributed by atoms with van der Waals surface area (Å²) in [5.74, 6) is 2.33. The van der Waals surface area contributed by atoms with E-state index in [-0.39, 0.29) is 18.6 Å². The molecule has 3 atom stereocenters. The average molecular weight is 266 g/mol. The number of carboxylic acid groups (broad SMARTS) is 1. The van der Waals surface area contributed by atoms with Gasteiger partial charge >= 0.3 is 6.09 Å². The van der Waals surface area contributed by atoms with E-state index in [2.05, 4.69) is 15.9 Å². The average Bonchev–Trinajstić information content (AvgIpc) is 2.65. The summed E-state index contributed by atoms with van der Waals surface area (Å²) < 4.78 is 5.42. The summed E-state index contributed by atoms with van der Waals surface area (Å²) in [6, 6.07) is -1.02. The van der Waals surface area contributed by atoms with Crippen LogP contribution in [-0.2, 0) is 4.74 Å². The number of ether oxygens (including phenoxy) is 1. The molecule has 104 valence electrons. The lowest BCUT2D eigenvalue weighted by molar-refractivity contribution is 0.0726. The molecule has 0 saturated carbocycles. The highest BCUT2D eigenvalue weighted by Gasteiger charge is 2.49. The van der Waals surface area contributed by atoms with E-state index in [0.717, 1.165) is 0 Å². The number of hydrogen-bond acceptors (Lipinski definition) is 3. The Bertz CT molecular complexity index is 431. The van der Waals surface area contributed by atoms with E-state index < -0.39 is 24.3 Å². The predicted molar refractivity (Wildman–Crippen MR) is 69.5 cm³/mol. The fourth-order valence-electron chi connectivity index (χ4n) is 2.48. The van der Waals surface area contributed by atoms with Crippen LogP contribution < -0.4 is 0 Å². The molecule has 0 spiro atoms. The standard InChI is InChI=1S/C12H18N4O3/c1-5-6-19-8-7-16(11(17)18)10(12(2,3)4)9(8)14-15-13/h1,8-10H,6-7H2,2-4H3,(H,17,18)/t8-,9+,10?/m1/s1. The SMILES string of the molecule is C#CCO[C@@H]1CN(C(=O)O)C(C(C)(C)C)[C@H]1N=[N+]=[N-]. The van der Waals surface area contributed by atoms with Gasteiger partial charge in [-0.1, -0.05) is 31.8 Å². The lowest BCUT2D eigenvalue weighted by Crippen LogP contribution is -2.47. The van der Waals surface area contributed by atoms with Crippen molar-refractivity contribution in [3.8, 4) is 12.3 Å². The number of rotatable bonds is 3. The third-order valence-corrected chi connectivity index (χ3v) is 3.12. The molecule has 1 heterocycles. The highest BCUT2D eigenvalue weighted by atomic mass is 16.5. The van der Waals surface area contributed by atoms with Crippen LogP contribution in [0.2, 0.25) is 0 Å². The second-order valence-electron chi connectivity index (χ2n) is 5.49. The summed E-state index contributed by atoms with van der Waals surface area (Å²) in [4.78, 5) is 15.4. The topological polar surface area (TPSA) is 98.5 Å². The van der Waals surface area contributed by atoms with Crippen molar-refractivity contribution in [2.24, 2.45) is 10.5 Å². The molecule has 1 rings (SSSR count). The fourth-order valence-corrected chi connectivity index (χ4v) is 2.48. The van der Waals surface area contributed by atoms with E-state index in [1.807, 2.05) is 20.8 Å². The third-order valence-electron chi connectivity index (χ3n) is 3.12. The smallest absolute Gasteiger partial charge is 0.407 e. The number of likely N-dealkylation sites (tertiary alicyclic amines) is 1. The highest BCUT2D eigenvalue weighted by Crippen LogP contribution is 2.36. The Morgan fingerprint density at radius 2 is 2.32 bits per heavy atom. The van der Waals surface area contributed by atoms with Crippen LogP contribution in [0.25, 0.3) is 10.4 Å². The summed E-state index contributed by atoms with van der Waals surface area (Å²) in [6.45, 7) is 5.92. The molecule has 1 unspecified atom stereocenters. The van der Waals surface area contributed by atoms with E-state index in [0.29, 0.717) is 0 Å². The van der Waals surface area contributed by atoms with Crippen molar-refractivity contribution in [1.29, 1.82) is 0 Å². The number of amides is 1. The summed E-state index contributed by atoms with van der Waals surface area (Å²) in [6.07, 6.45) is 3.57. The Hall–Kier alpha value is -1.90. The van der Waals surface area contributed by atoms with E-state index in [4.69, 9.17) is 16.7 Å². The van der Waals surface area contributed by atoms with E-state index in [1.54, 1.807) is 0 Å². The lowest BCUT2D eigenvalue weighted by Gasteiger charge is -2.35. The largest absolute Gasteiger partial charge is 0.465 e. The molecule has 1 aliphatic rings. The van der Waals surface area contributed by atoms with Gasteiger partial charge in [0.15, 0.2) is 0 Å². The summed E-state index contributed by atoms with van der Waals surface area (Å²) in [7, 11) is 0. The normalized spacial score (nSPS) is 26.6. The number of terminal acetylenes is 1. The van der Waals surface area contributed by atoms with E-state index >= 15 is 0 Å². The summed E-state index contributed by atoms with van der Waals surface area (Å²) >= 11 is 0. The fraction of sp³-hybridized carbons (Fsp3) is 0.750. The van der Waals surface area contributed by atoms with Gasteiger partial charge in [0.1, 0.15) is 6.61 Å². The maximum absolute atomic E-state index is 11.3. The number of carbonyl (C=O) groups is 1. The van der Waals surface area contributed by atoms with Gasteiger partial charge in [-0.2, -0.15) is 0 Å². The molecule has 19 heavy (non-hydrogen) atoms. The molecule has 1 aliphatic heterocycles. The first-order chi connectivity index (χ1) is 8.82. The molecule has 1 N–H and O–H groups in total. The van der Waals surface area contributed by atoms with Gasteiger partial charge in [0.05, 0.1) is 24.7 Å². The molecular weight excluding hydrogens is 248 g/mol. The van der Waals surface area contributed by atoms with Crippen molar-refractivity contribution in [3.63, 3.8) is 0 Å². The van der Waals surface area contributed by atoms with E-state index in [1.165, 1.54) is 4.90 Å². The number of azide groups is 1. The van der Waals surface area contributed by atoms with Crippen LogP contribution in [0.5, 0.6) is 0 Å². The summed E-state index contributed by atoms with van der Waals surface area (Å²) in [5.41, 5.74) is 8.31. The summed E-state index contributed by atoms with van der Waals surface area (Å²) in [5, 5.41) is 13.0. The van der Waals surface area contributed by atoms with E-state index in [9.17, 15) is 9.90 Å². The molecule has 1 saturated heterocycles. The Morgan fingerprint density at radius 1 is 1.68 bits per heavy atom. The molecule has 1 amide bonds. The first-order valence-corrected chi connectivity index (χ1v) is 5.91. The molecule has 7 heteroatoms. The van der Waals surface area contributed by atoms with Gasteiger partial charge in [-0.3, -0.25) is 0 Å². The minimum atomic E-state index is -1.05. The number of hydrogen-bond donors (Lipinski definition) is 1. The zero-order valence-corrected chi connectivity index (χ0v) is 11.3. The van der Waals surface area contributed by atoms with Crippen LogP contribution in [0, 0.1) is 17.8 Å². The zero-order chi connectivity index (χ0) is 14.6. The predicted octanol–water partition coefficient (Wildman–Crippen LogP) is 2.09. The molecule has 0 aromatic carbocycles. The van der Waals surface area contributed by atoms with Gasteiger partial charge in [0, 0.05) is 4.91 Å². The maximum Gasteiger partial charge on any atom is 0.407 e. The van der Waals surface area contributed by atoms with Crippen LogP contribution in [-0.4, -0.2) is 47.4 Å². The van der Waals surface area contributed by atoms with Gasteiger partial charge in [0.2, 0.25) is 0 Å². The van der Waals surface area contributed by atoms with Crippen LogP contribution in [0.3, 0.4) is 0 Å². The van der Waals surface area contributed by atoms with Crippen molar-refractivity contribution in [2.45, 2.75) is 39.0 Å². The zero-order valence-electron chi connectivity index (χ0n) is 11.3. The Labute approximate surface area is 112 Å². The molecule has 0 radical (unpaired) electrons. The molecule has 0 bridgehead atoms. The van der Waals surface area contributed by atoms with Crippen LogP contribution in [0.4, 0.5) is 4.79 Å². The third kappa shape index (κ3) is 3.31. The molecular formula is C12H18N4O3. The quantitative estimate of drug-likeness (QED) is 0.366. The van der Waals surface area contributed by atoms with Crippen LogP contribution >= 0.6 is 0 Å². The first-order valence-electron chi connectivity index (χ1n) is 5.91. The molecule has 0 aromatic rings. The molecule has 7 nitrogen and oxygen atoms in total. The Balaban J connectivity index is 3.09. The Morgan fingerprint density at radius 3 is 2.74 bits per heavy atom. The van der Waals surface area contributed by atoms with Gasteiger partial charge in [-0.15, -0.1) is 6.42 Å². The molecule has 0 aliphatic carbocycles. The van der Waals surface area contributed by atoms with Gasteiger partial charge in [-0.05, 0) is 10.9 Å². The minimum absolute atomic E-state index is 0.0619. The second-order valence-corrected chi connectivity index (χ2v) is 5.49. The minimum Gasteiger partial charge on any atom is -0.465 e. The van der Waals surface area contributed by atoms with Gasteiger partial charge in [0.25, 0.3) is 0 Å².